The zero-order valence-electron chi connectivity index (χ0n) is 10.4. The van der Waals surface area contributed by atoms with Crippen molar-refractivity contribution < 1.29 is 4.79 Å². The topological polar surface area (TPSA) is 20.3 Å². The van der Waals surface area contributed by atoms with E-state index in [1.54, 1.807) is 0 Å². The second-order valence-electron chi connectivity index (χ2n) is 4.48. The summed E-state index contributed by atoms with van der Waals surface area (Å²) in [7, 11) is 0. The van der Waals surface area contributed by atoms with Crippen LogP contribution in [0.1, 0.15) is 24.8 Å². The summed E-state index contributed by atoms with van der Waals surface area (Å²) in [4.78, 5) is 13.8. The van der Waals surface area contributed by atoms with Crippen molar-refractivity contribution in [3.05, 3.63) is 42.0 Å². The van der Waals surface area contributed by atoms with Crippen molar-refractivity contribution in [3.8, 4) is 0 Å². The average Bonchev–Trinajstić information content (AvgIpc) is 2.46. The minimum Gasteiger partial charge on any atom is -0.339 e. The minimum absolute atomic E-state index is 0.221. The highest BCUT2D eigenvalue weighted by Crippen LogP contribution is 2.22. The van der Waals surface area contributed by atoms with Crippen LogP contribution in [0.25, 0.3) is 5.57 Å². The molecule has 1 aliphatic rings. The van der Waals surface area contributed by atoms with Gasteiger partial charge in [0.25, 0.3) is 0 Å². The number of carbonyl (C=O) groups excluding carboxylic acids is 1. The van der Waals surface area contributed by atoms with Gasteiger partial charge in [0.15, 0.2) is 0 Å². The number of alkyl halides is 1. The summed E-state index contributed by atoms with van der Waals surface area (Å²) >= 11 is 5.61. The Hall–Kier alpha value is -1.28. The SMILES string of the molecule is O=C(CCCCl)N1CC=C(c2ccccc2)CC1. The van der Waals surface area contributed by atoms with Crippen LogP contribution in [-0.4, -0.2) is 29.8 Å². The van der Waals surface area contributed by atoms with Crippen LogP contribution in [-0.2, 0) is 4.79 Å². The Bertz CT molecular complexity index is 427. The second-order valence-corrected chi connectivity index (χ2v) is 4.86. The van der Waals surface area contributed by atoms with E-state index in [1.165, 1.54) is 11.1 Å². The number of benzene rings is 1. The van der Waals surface area contributed by atoms with Crippen molar-refractivity contribution in [3.63, 3.8) is 0 Å². The van der Waals surface area contributed by atoms with Gasteiger partial charge in [-0.3, -0.25) is 4.79 Å². The predicted octanol–water partition coefficient (Wildman–Crippen LogP) is 3.32. The van der Waals surface area contributed by atoms with Crippen LogP contribution in [0.3, 0.4) is 0 Å². The van der Waals surface area contributed by atoms with E-state index in [0.717, 1.165) is 25.9 Å². The van der Waals surface area contributed by atoms with E-state index >= 15 is 0 Å². The molecular weight excluding hydrogens is 246 g/mol. The number of hydrogen-bond donors (Lipinski definition) is 0. The molecule has 0 saturated heterocycles. The van der Waals surface area contributed by atoms with Gasteiger partial charge >= 0.3 is 0 Å². The molecule has 1 amide bonds. The minimum atomic E-state index is 0.221. The van der Waals surface area contributed by atoms with Crippen LogP contribution in [0, 0.1) is 0 Å². The van der Waals surface area contributed by atoms with Gasteiger partial charge < -0.3 is 4.90 Å². The van der Waals surface area contributed by atoms with Gasteiger partial charge in [0.1, 0.15) is 0 Å². The molecule has 1 aromatic carbocycles. The smallest absolute Gasteiger partial charge is 0.222 e. The lowest BCUT2D eigenvalue weighted by Crippen LogP contribution is -2.34. The molecule has 1 aromatic rings. The van der Waals surface area contributed by atoms with Gasteiger partial charge in [-0.1, -0.05) is 36.4 Å². The standard InChI is InChI=1S/C15H18ClNO/c16-10-4-7-15(18)17-11-8-14(9-12-17)13-5-2-1-3-6-13/h1-3,5-6,8H,4,7,9-12H2. The summed E-state index contributed by atoms with van der Waals surface area (Å²) in [5.74, 6) is 0.782. The summed E-state index contributed by atoms with van der Waals surface area (Å²) in [5, 5.41) is 0. The molecule has 0 saturated carbocycles. The molecule has 0 N–H and O–H groups in total. The number of halogens is 1. The first-order valence-corrected chi connectivity index (χ1v) is 6.93. The number of amides is 1. The molecule has 18 heavy (non-hydrogen) atoms. The Balaban J connectivity index is 1.94. The third-order valence-corrected chi connectivity index (χ3v) is 3.50. The van der Waals surface area contributed by atoms with Crippen molar-refractivity contribution in [2.75, 3.05) is 19.0 Å². The summed E-state index contributed by atoms with van der Waals surface area (Å²) in [6, 6.07) is 10.4. The fourth-order valence-electron chi connectivity index (χ4n) is 2.19. The monoisotopic (exact) mass is 263 g/mol. The van der Waals surface area contributed by atoms with Crippen molar-refractivity contribution in [2.45, 2.75) is 19.3 Å². The Labute approximate surface area is 113 Å². The van der Waals surface area contributed by atoms with Crippen molar-refractivity contribution in [1.82, 2.24) is 4.90 Å². The van der Waals surface area contributed by atoms with E-state index in [9.17, 15) is 4.79 Å². The van der Waals surface area contributed by atoms with Crippen LogP contribution >= 0.6 is 11.6 Å². The molecule has 0 atom stereocenters. The second kappa shape index (κ2) is 6.60. The van der Waals surface area contributed by atoms with E-state index in [2.05, 4.69) is 18.2 Å². The average molecular weight is 264 g/mol. The fraction of sp³-hybridized carbons (Fsp3) is 0.400. The Morgan fingerprint density at radius 1 is 1.28 bits per heavy atom. The molecule has 0 fully saturated rings. The van der Waals surface area contributed by atoms with E-state index in [4.69, 9.17) is 11.6 Å². The summed E-state index contributed by atoms with van der Waals surface area (Å²) < 4.78 is 0. The summed E-state index contributed by atoms with van der Waals surface area (Å²) in [6.07, 6.45) is 4.44. The Kier molecular flexibility index (Phi) is 4.82. The van der Waals surface area contributed by atoms with Gasteiger partial charge in [-0.25, -0.2) is 0 Å². The van der Waals surface area contributed by atoms with E-state index in [-0.39, 0.29) is 5.91 Å². The first-order valence-electron chi connectivity index (χ1n) is 6.39. The van der Waals surface area contributed by atoms with E-state index < -0.39 is 0 Å². The molecule has 1 heterocycles. The Morgan fingerprint density at radius 3 is 2.67 bits per heavy atom. The molecular formula is C15H18ClNO. The lowest BCUT2D eigenvalue weighted by atomic mass is 9.99. The molecule has 1 aliphatic heterocycles. The van der Waals surface area contributed by atoms with E-state index in [0.29, 0.717) is 12.3 Å². The first-order chi connectivity index (χ1) is 8.81. The number of nitrogens with zero attached hydrogens (tertiary/aromatic N) is 1. The highest BCUT2D eigenvalue weighted by Gasteiger charge is 2.17. The molecule has 0 aliphatic carbocycles. The maximum atomic E-state index is 11.8. The molecule has 0 unspecified atom stereocenters. The van der Waals surface area contributed by atoms with Crippen molar-refractivity contribution in [2.24, 2.45) is 0 Å². The Morgan fingerprint density at radius 2 is 2.06 bits per heavy atom. The summed E-state index contributed by atoms with van der Waals surface area (Å²) in [5.41, 5.74) is 2.61. The van der Waals surface area contributed by atoms with Gasteiger partial charge in [-0.2, -0.15) is 0 Å². The third-order valence-electron chi connectivity index (χ3n) is 3.23. The highest BCUT2D eigenvalue weighted by atomic mass is 35.5. The van der Waals surface area contributed by atoms with Crippen LogP contribution in [0.4, 0.5) is 0 Å². The first kappa shape index (κ1) is 13.2. The number of rotatable bonds is 4. The van der Waals surface area contributed by atoms with E-state index in [1.807, 2.05) is 23.1 Å². The summed E-state index contributed by atoms with van der Waals surface area (Å²) in [6.45, 7) is 1.55. The number of carbonyl (C=O) groups is 1. The lowest BCUT2D eigenvalue weighted by Gasteiger charge is -2.26. The third kappa shape index (κ3) is 3.36. The maximum absolute atomic E-state index is 11.8. The van der Waals surface area contributed by atoms with Crippen molar-refractivity contribution in [1.29, 1.82) is 0 Å². The van der Waals surface area contributed by atoms with Crippen LogP contribution in [0.5, 0.6) is 0 Å². The molecule has 2 nitrogen and oxygen atoms in total. The molecule has 3 heteroatoms. The largest absolute Gasteiger partial charge is 0.339 e. The van der Waals surface area contributed by atoms with Gasteiger partial charge in [0.05, 0.1) is 0 Å². The molecule has 0 bridgehead atoms. The predicted molar refractivity (Wildman–Crippen MR) is 75.6 cm³/mol. The molecule has 0 radical (unpaired) electrons. The molecule has 0 aromatic heterocycles. The zero-order chi connectivity index (χ0) is 12.8. The van der Waals surface area contributed by atoms with Crippen LogP contribution in [0.2, 0.25) is 0 Å². The molecule has 2 rings (SSSR count). The maximum Gasteiger partial charge on any atom is 0.222 e. The normalized spacial score (nSPS) is 15.4. The van der Waals surface area contributed by atoms with Crippen LogP contribution < -0.4 is 0 Å². The molecule has 0 spiro atoms. The van der Waals surface area contributed by atoms with Gasteiger partial charge in [0.2, 0.25) is 5.91 Å². The quantitative estimate of drug-likeness (QED) is 0.763. The zero-order valence-corrected chi connectivity index (χ0v) is 11.2. The van der Waals surface area contributed by atoms with Crippen LogP contribution in [0.15, 0.2) is 36.4 Å². The number of hydrogen-bond acceptors (Lipinski definition) is 1. The van der Waals surface area contributed by atoms with Gasteiger partial charge in [0, 0.05) is 25.4 Å². The van der Waals surface area contributed by atoms with Gasteiger partial charge in [-0.15, -0.1) is 11.6 Å². The van der Waals surface area contributed by atoms with Gasteiger partial charge in [-0.05, 0) is 24.0 Å². The highest BCUT2D eigenvalue weighted by molar-refractivity contribution is 6.17. The molecule has 96 valence electrons. The fourth-order valence-corrected chi connectivity index (χ4v) is 2.32. The lowest BCUT2D eigenvalue weighted by molar-refractivity contribution is -0.130. The van der Waals surface area contributed by atoms with Crippen molar-refractivity contribution >= 4 is 23.1 Å².